The Morgan fingerprint density at radius 3 is 2.26 bits per heavy atom. The fraction of sp³-hybridized carbons (Fsp3) is 0.973. The third-order valence-corrected chi connectivity index (χ3v) is 16.2. The van der Waals surface area contributed by atoms with Crippen molar-refractivity contribution >= 4 is 5.97 Å². The molecule has 8 aliphatic rings. The average Bonchev–Trinajstić information content (AvgIpc) is 3.43. The van der Waals surface area contributed by atoms with Crippen LogP contribution in [-0.4, -0.2) is 93.4 Å². The van der Waals surface area contributed by atoms with Crippen LogP contribution in [-0.2, 0) is 28.5 Å². The normalized spacial score (nSPS) is 57.5. The van der Waals surface area contributed by atoms with Crippen molar-refractivity contribution in [1.82, 2.24) is 0 Å². The number of carbonyl (C=O) groups is 1. The van der Waals surface area contributed by atoms with Crippen molar-refractivity contribution in [2.45, 2.75) is 166 Å². The van der Waals surface area contributed by atoms with Gasteiger partial charge >= 0.3 is 5.97 Å². The monoisotopic (exact) mass is 662 g/mol. The fourth-order valence-corrected chi connectivity index (χ4v) is 14.2. The molecule has 3 saturated heterocycles. The first kappa shape index (κ1) is 33.3. The molecule has 3 spiro atoms. The first-order chi connectivity index (χ1) is 21.8. The molecular formula is C37H58O10. The molecule has 0 radical (unpaired) electrons. The summed E-state index contributed by atoms with van der Waals surface area (Å²) in [7, 11) is 0. The van der Waals surface area contributed by atoms with E-state index in [1.54, 1.807) is 13.8 Å². The zero-order valence-electron chi connectivity index (χ0n) is 29.4. The van der Waals surface area contributed by atoms with E-state index in [0.717, 1.165) is 51.4 Å². The number of carbonyl (C=O) groups excluding carboxylic acids is 1. The van der Waals surface area contributed by atoms with Gasteiger partial charge in [0.2, 0.25) is 0 Å². The number of hydrogen-bond donors (Lipinski definition) is 4. The van der Waals surface area contributed by atoms with Crippen molar-refractivity contribution in [2.24, 2.45) is 44.8 Å². The van der Waals surface area contributed by atoms with Gasteiger partial charge in [-0.05, 0) is 112 Å². The third kappa shape index (κ3) is 4.05. The van der Waals surface area contributed by atoms with E-state index in [2.05, 4.69) is 27.7 Å². The summed E-state index contributed by atoms with van der Waals surface area (Å²) in [5.41, 5.74) is -1.88. The molecule has 5 saturated carbocycles. The topological polar surface area (TPSA) is 144 Å². The van der Waals surface area contributed by atoms with E-state index in [9.17, 15) is 25.2 Å². The van der Waals surface area contributed by atoms with Crippen LogP contribution in [0.2, 0.25) is 0 Å². The van der Waals surface area contributed by atoms with E-state index in [-0.39, 0.29) is 57.8 Å². The van der Waals surface area contributed by atoms with Gasteiger partial charge in [0.1, 0.15) is 30.0 Å². The molecular weight excluding hydrogens is 604 g/mol. The second-order valence-corrected chi connectivity index (χ2v) is 18.8. The molecule has 0 amide bonds. The predicted molar refractivity (Wildman–Crippen MR) is 168 cm³/mol. The number of fused-ring (bicyclic) bond motifs is 4. The summed E-state index contributed by atoms with van der Waals surface area (Å²) in [6, 6.07) is 0. The molecule has 0 aromatic heterocycles. The van der Waals surface area contributed by atoms with E-state index < -0.39 is 41.6 Å². The quantitative estimate of drug-likeness (QED) is 0.259. The molecule has 10 heteroatoms. The average molecular weight is 663 g/mol. The zero-order chi connectivity index (χ0) is 33.8. The van der Waals surface area contributed by atoms with Gasteiger partial charge in [0.05, 0.1) is 24.9 Å². The summed E-state index contributed by atoms with van der Waals surface area (Å²) in [4.78, 5) is 12.6. The number of aliphatic hydroxyl groups excluding tert-OH is 3. The van der Waals surface area contributed by atoms with Crippen molar-refractivity contribution in [3.63, 3.8) is 0 Å². The lowest BCUT2D eigenvalue weighted by Crippen LogP contribution is -2.61. The molecule has 15 atom stereocenters. The maximum atomic E-state index is 12.6. The van der Waals surface area contributed by atoms with Gasteiger partial charge < -0.3 is 44.1 Å². The second-order valence-electron chi connectivity index (χ2n) is 18.8. The molecule has 10 nitrogen and oxygen atoms in total. The Morgan fingerprint density at radius 1 is 0.872 bits per heavy atom. The van der Waals surface area contributed by atoms with Crippen LogP contribution in [0, 0.1) is 44.8 Å². The Bertz CT molecular complexity index is 1310. The van der Waals surface area contributed by atoms with Crippen LogP contribution in [0.25, 0.3) is 0 Å². The fourth-order valence-electron chi connectivity index (χ4n) is 14.2. The smallest absolute Gasteiger partial charge is 0.302 e. The molecule has 3 aliphatic heterocycles. The van der Waals surface area contributed by atoms with E-state index >= 15 is 0 Å². The molecule has 15 unspecified atom stereocenters. The van der Waals surface area contributed by atoms with Crippen molar-refractivity contribution < 1.29 is 48.9 Å². The minimum Gasteiger partial charge on any atom is -0.462 e. The lowest BCUT2D eigenvalue weighted by atomic mass is 9.41. The summed E-state index contributed by atoms with van der Waals surface area (Å²) < 4.78 is 32.2. The van der Waals surface area contributed by atoms with Gasteiger partial charge in [-0.2, -0.15) is 0 Å². The van der Waals surface area contributed by atoms with Gasteiger partial charge in [-0.3, -0.25) is 4.79 Å². The van der Waals surface area contributed by atoms with E-state index in [0.29, 0.717) is 24.9 Å². The van der Waals surface area contributed by atoms with Crippen molar-refractivity contribution in [3.05, 3.63) is 0 Å². The van der Waals surface area contributed by atoms with E-state index in [4.69, 9.17) is 23.7 Å². The Kier molecular flexibility index (Phi) is 7.03. The summed E-state index contributed by atoms with van der Waals surface area (Å²) >= 11 is 0. The summed E-state index contributed by atoms with van der Waals surface area (Å²) in [5.74, 6) is -0.443. The van der Waals surface area contributed by atoms with E-state index in [1.165, 1.54) is 13.3 Å². The zero-order valence-corrected chi connectivity index (χ0v) is 29.4. The lowest BCUT2D eigenvalue weighted by molar-refractivity contribution is -0.314. The van der Waals surface area contributed by atoms with Gasteiger partial charge in [-0.1, -0.05) is 20.8 Å². The number of ether oxygens (including phenoxy) is 5. The predicted octanol–water partition coefficient (Wildman–Crippen LogP) is 3.84. The van der Waals surface area contributed by atoms with Crippen LogP contribution in [0.15, 0.2) is 0 Å². The van der Waals surface area contributed by atoms with Gasteiger partial charge in [0, 0.05) is 24.7 Å². The van der Waals surface area contributed by atoms with Gasteiger partial charge in [0.15, 0.2) is 12.1 Å². The van der Waals surface area contributed by atoms with Crippen LogP contribution >= 0.6 is 0 Å². The van der Waals surface area contributed by atoms with Crippen molar-refractivity contribution in [2.75, 3.05) is 13.2 Å². The Balaban J connectivity index is 1.11. The summed E-state index contributed by atoms with van der Waals surface area (Å²) in [6.07, 6.45) is 4.49. The largest absolute Gasteiger partial charge is 0.462 e. The molecule has 0 aromatic carbocycles. The number of esters is 1. The lowest BCUT2D eigenvalue weighted by Gasteiger charge is -2.64. The van der Waals surface area contributed by atoms with Gasteiger partial charge in [-0.25, -0.2) is 0 Å². The minimum absolute atomic E-state index is 0.0169. The molecule has 8 fully saturated rings. The maximum absolute atomic E-state index is 12.6. The van der Waals surface area contributed by atoms with Crippen LogP contribution in [0.1, 0.15) is 113 Å². The Labute approximate surface area is 279 Å². The first-order valence-corrected chi connectivity index (χ1v) is 18.4. The number of rotatable bonds is 4. The minimum atomic E-state index is -1.29. The summed E-state index contributed by atoms with van der Waals surface area (Å²) in [5, 5.41) is 42.3. The molecule has 8 rings (SSSR count). The van der Waals surface area contributed by atoms with Crippen LogP contribution < -0.4 is 0 Å². The molecule has 2 bridgehead atoms. The van der Waals surface area contributed by atoms with Gasteiger partial charge in [-0.15, -0.1) is 0 Å². The third-order valence-electron chi connectivity index (χ3n) is 16.2. The SMILES string of the molecule is CC(=O)OC1CC2(C)C3CCC4C(C)(C)C(OC5OCC(O)C(O)C5O)CCC45CC35CCC23COC2(C(C)(C)O)CCC(C)(O2)C13. The van der Waals surface area contributed by atoms with Crippen LogP contribution in [0.5, 0.6) is 0 Å². The molecule has 0 aromatic rings. The first-order valence-electron chi connectivity index (χ1n) is 18.4. The highest BCUT2D eigenvalue weighted by molar-refractivity contribution is 5.66. The Morgan fingerprint density at radius 2 is 1.55 bits per heavy atom. The van der Waals surface area contributed by atoms with E-state index in [1.807, 2.05) is 0 Å². The molecule has 3 heterocycles. The maximum Gasteiger partial charge on any atom is 0.302 e. The molecule has 5 aliphatic carbocycles. The highest BCUT2D eigenvalue weighted by atomic mass is 16.7. The Hall–Kier alpha value is -0.850. The van der Waals surface area contributed by atoms with Crippen molar-refractivity contribution in [1.29, 1.82) is 0 Å². The molecule has 266 valence electrons. The highest BCUT2D eigenvalue weighted by Crippen LogP contribution is 2.89. The standard InChI is InChI=1S/C37H58O10/c1-20(38)45-22-16-32(6)24-9-8-23-30(2,3)25(46-29-27(41)26(40)21(39)17-43-29)10-11-34(23)18-35(24,34)13-14-36(32)19-44-37(31(4,5)42)15-12-33(7,47-37)28(22)36/h21-29,39-42H,8-19H2,1-7H3. The molecule has 47 heavy (non-hydrogen) atoms. The van der Waals surface area contributed by atoms with Gasteiger partial charge in [0.25, 0.3) is 0 Å². The van der Waals surface area contributed by atoms with Crippen LogP contribution in [0.3, 0.4) is 0 Å². The highest BCUT2D eigenvalue weighted by Gasteiger charge is 2.85. The second kappa shape index (κ2) is 9.93. The number of aliphatic hydroxyl groups is 4. The van der Waals surface area contributed by atoms with Crippen molar-refractivity contribution in [3.8, 4) is 0 Å². The molecule has 4 N–H and O–H groups in total. The number of hydrogen-bond acceptors (Lipinski definition) is 10. The van der Waals surface area contributed by atoms with Crippen LogP contribution in [0.4, 0.5) is 0 Å². The summed E-state index contributed by atoms with van der Waals surface area (Å²) in [6.45, 7) is 14.8.